The number of hydrogen-bond donors (Lipinski definition) is 2. The van der Waals surface area contributed by atoms with Crippen molar-refractivity contribution in [3.8, 4) is 0 Å². The van der Waals surface area contributed by atoms with Crippen LogP contribution in [0.25, 0.3) is 0 Å². The number of nitrogens with two attached hydrogens (primary N) is 1. The van der Waals surface area contributed by atoms with Gasteiger partial charge in [-0.3, -0.25) is 4.79 Å². The van der Waals surface area contributed by atoms with Crippen LogP contribution in [0.2, 0.25) is 0 Å². The maximum Gasteiger partial charge on any atom is 0.224 e. The van der Waals surface area contributed by atoms with E-state index in [1.54, 1.807) is 0 Å². The quantitative estimate of drug-likeness (QED) is 0.812. The summed E-state index contributed by atoms with van der Waals surface area (Å²) in [6.45, 7) is 7.12. The number of rotatable bonds is 5. The molecule has 0 saturated heterocycles. The zero-order valence-electron chi connectivity index (χ0n) is 10.9. The molecule has 0 radical (unpaired) electrons. The molecule has 3 N–H and O–H groups in total. The average molecular weight is 234 g/mol. The second-order valence-electron chi connectivity index (χ2n) is 4.40. The molecule has 1 aromatic carbocycles. The molecule has 1 rings (SSSR count). The molecule has 0 saturated carbocycles. The standard InChI is InChI=1S/C14H22N2O/c1-4-16-14(17)12(9-15)8-13-10(2)6-5-7-11(13)3/h5-7,12H,4,8-9,15H2,1-3H3,(H,16,17). The summed E-state index contributed by atoms with van der Waals surface area (Å²) >= 11 is 0. The minimum atomic E-state index is -0.130. The lowest BCUT2D eigenvalue weighted by atomic mass is 9.92. The van der Waals surface area contributed by atoms with Crippen molar-refractivity contribution in [2.24, 2.45) is 11.7 Å². The molecule has 0 fully saturated rings. The van der Waals surface area contributed by atoms with Gasteiger partial charge in [-0.1, -0.05) is 18.2 Å². The molecular formula is C14H22N2O. The molecule has 94 valence electrons. The molecule has 0 spiro atoms. The maximum atomic E-state index is 11.8. The third-order valence-electron chi connectivity index (χ3n) is 3.10. The molecule has 0 aliphatic carbocycles. The van der Waals surface area contributed by atoms with Gasteiger partial charge in [0.15, 0.2) is 0 Å². The van der Waals surface area contributed by atoms with Crippen molar-refractivity contribution < 1.29 is 4.79 Å². The Morgan fingerprint density at radius 3 is 2.41 bits per heavy atom. The topological polar surface area (TPSA) is 55.1 Å². The van der Waals surface area contributed by atoms with Gasteiger partial charge >= 0.3 is 0 Å². The van der Waals surface area contributed by atoms with Gasteiger partial charge in [0.05, 0.1) is 5.92 Å². The van der Waals surface area contributed by atoms with E-state index >= 15 is 0 Å². The van der Waals surface area contributed by atoms with E-state index in [4.69, 9.17) is 5.73 Å². The number of amides is 1. The largest absolute Gasteiger partial charge is 0.356 e. The van der Waals surface area contributed by atoms with E-state index in [-0.39, 0.29) is 11.8 Å². The number of carbonyl (C=O) groups is 1. The van der Waals surface area contributed by atoms with Gasteiger partial charge in [0.2, 0.25) is 5.91 Å². The van der Waals surface area contributed by atoms with Gasteiger partial charge in [-0.2, -0.15) is 0 Å². The Morgan fingerprint density at radius 2 is 1.94 bits per heavy atom. The van der Waals surface area contributed by atoms with Crippen LogP contribution in [0.3, 0.4) is 0 Å². The van der Waals surface area contributed by atoms with E-state index in [1.807, 2.05) is 13.0 Å². The third-order valence-corrected chi connectivity index (χ3v) is 3.10. The van der Waals surface area contributed by atoms with E-state index in [1.165, 1.54) is 16.7 Å². The van der Waals surface area contributed by atoms with E-state index in [9.17, 15) is 4.79 Å². The molecule has 1 amide bonds. The lowest BCUT2D eigenvalue weighted by Gasteiger charge is -2.17. The SMILES string of the molecule is CCNC(=O)C(CN)Cc1c(C)cccc1C. The summed E-state index contributed by atoms with van der Waals surface area (Å²) in [7, 11) is 0. The van der Waals surface area contributed by atoms with Gasteiger partial charge < -0.3 is 11.1 Å². The summed E-state index contributed by atoms with van der Waals surface area (Å²) in [4.78, 5) is 11.8. The lowest BCUT2D eigenvalue weighted by Crippen LogP contribution is -2.36. The number of aryl methyl sites for hydroxylation is 2. The normalized spacial score (nSPS) is 12.2. The van der Waals surface area contributed by atoms with Crippen LogP contribution in [0, 0.1) is 19.8 Å². The molecular weight excluding hydrogens is 212 g/mol. The third kappa shape index (κ3) is 3.56. The van der Waals surface area contributed by atoms with Crippen molar-refractivity contribution in [2.75, 3.05) is 13.1 Å². The first kappa shape index (κ1) is 13.7. The molecule has 0 heterocycles. The van der Waals surface area contributed by atoms with Gasteiger partial charge in [0.1, 0.15) is 0 Å². The van der Waals surface area contributed by atoms with Crippen molar-refractivity contribution >= 4 is 5.91 Å². The molecule has 3 nitrogen and oxygen atoms in total. The molecule has 1 atom stereocenters. The molecule has 17 heavy (non-hydrogen) atoms. The Bertz CT molecular complexity index is 368. The second-order valence-corrected chi connectivity index (χ2v) is 4.40. The Hall–Kier alpha value is -1.35. The number of nitrogens with one attached hydrogen (secondary N) is 1. The van der Waals surface area contributed by atoms with Crippen LogP contribution in [-0.4, -0.2) is 19.0 Å². The summed E-state index contributed by atoms with van der Waals surface area (Å²) < 4.78 is 0. The average Bonchev–Trinajstić information content (AvgIpc) is 2.29. The summed E-state index contributed by atoms with van der Waals surface area (Å²) in [6.07, 6.45) is 0.723. The minimum absolute atomic E-state index is 0.0534. The molecule has 1 aromatic rings. The predicted molar refractivity (Wildman–Crippen MR) is 70.8 cm³/mol. The monoisotopic (exact) mass is 234 g/mol. The molecule has 3 heteroatoms. The molecule has 0 aliphatic heterocycles. The van der Waals surface area contributed by atoms with Crippen molar-refractivity contribution in [2.45, 2.75) is 27.2 Å². The Kier molecular flexibility index (Phi) is 5.16. The summed E-state index contributed by atoms with van der Waals surface area (Å²) in [5, 5.41) is 2.84. The maximum absolute atomic E-state index is 11.8. The summed E-state index contributed by atoms with van der Waals surface area (Å²) in [5.41, 5.74) is 9.39. The van der Waals surface area contributed by atoms with E-state index in [0.29, 0.717) is 13.1 Å². The van der Waals surface area contributed by atoms with Gasteiger partial charge in [0, 0.05) is 13.1 Å². The molecule has 0 aromatic heterocycles. The van der Waals surface area contributed by atoms with Gasteiger partial charge in [-0.25, -0.2) is 0 Å². The first-order valence-electron chi connectivity index (χ1n) is 6.13. The first-order chi connectivity index (χ1) is 8.10. The summed E-state index contributed by atoms with van der Waals surface area (Å²) in [6, 6.07) is 6.19. The predicted octanol–water partition coefficient (Wildman–Crippen LogP) is 1.56. The Labute approximate surface area is 103 Å². The lowest BCUT2D eigenvalue weighted by molar-refractivity contribution is -0.124. The van der Waals surface area contributed by atoms with Crippen molar-refractivity contribution in [1.29, 1.82) is 0 Å². The first-order valence-corrected chi connectivity index (χ1v) is 6.13. The zero-order valence-corrected chi connectivity index (χ0v) is 10.9. The highest BCUT2D eigenvalue weighted by molar-refractivity contribution is 5.79. The van der Waals surface area contributed by atoms with Crippen LogP contribution in [-0.2, 0) is 11.2 Å². The fourth-order valence-corrected chi connectivity index (χ4v) is 2.02. The fourth-order valence-electron chi connectivity index (χ4n) is 2.02. The number of carbonyl (C=O) groups excluding carboxylic acids is 1. The fraction of sp³-hybridized carbons (Fsp3) is 0.500. The summed E-state index contributed by atoms with van der Waals surface area (Å²) in [5.74, 6) is -0.0765. The highest BCUT2D eigenvalue weighted by atomic mass is 16.1. The van der Waals surface area contributed by atoms with Crippen molar-refractivity contribution in [3.63, 3.8) is 0 Å². The zero-order chi connectivity index (χ0) is 12.8. The second kappa shape index (κ2) is 6.40. The van der Waals surface area contributed by atoms with Crippen molar-refractivity contribution in [3.05, 3.63) is 34.9 Å². The van der Waals surface area contributed by atoms with E-state index in [0.717, 1.165) is 6.42 Å². The van der Waals surface area contributed by atoms with Crippen LogP contribution < -0.4 is 11.1 Å². The Morgan fingerprint density at radius 1 is 1.35 bits per heavy atom. The van der Waals surface area contributed by atoms with Crippen molar-refractivity contribution in [1.82, 2.24) is 5.32 Å². The highest BCUT2D eigenvalue weighted by Gasteiger charge is 2.18. The van der Waals surface area contributed by atoms with E-state index < -0.39 is 0 Å². The number of hydrogen-bond acceptors (Lipinski definition) is 2. The number of benzene rings is 1. The van der Waals surface area contributed by atoms with Crippen LogP contribution in [0.4, 0.5) is 0 Å². The highest BCUT2D eigenvalue weighted by Crippen LogP contribution is 2.17. The molecule has 1 unspecified atom stereocenters. The minimum Gasteiger partial charge on any atom is -0.356 e. The van der Waals surface area contributed by atoms with Crippen LogP contribution in [0.5, 0.6) is 0 Å². The van der Waals surface area contributed by atoms with Gasteiger partial charge in [-0.15, -0.1) is 0 Å². The van der Waals surface area contributed by atoms with Gasteiger partial charge in [0.25, 0.3) is 0 Å². The van der Waals surface area contributed by atoms with Crippen LogP contribution >= 0.6 is 0 Å². The van der Waals surface area contributed by atoms with E-state index in [2.05, 4.69) is 31.3 Å². The van der Waals surface area contributed by atoms with Gasteiger partial charge in [-0.05, 0) is 43.9 Å². The van der Waals surface area contributed by atoms with Crippen LogP contribution in [0.1, 0.15) is 23.6 Å². The molecule has 0 bridgehead atoms. The smallest absolute Gasteiger partial charge is 0.224 e. The van der Waals surface area contributed by atoms with Crippen LogP contribution in [0.15, 0.2) is 18.2 Å². The Balaban J connectivity index is 2.84. The molecule has 0 aliphatic rings.